The molecule has 1 heterocycles. The van der Waals surface area contributed by atoms with E-state index in [1.54, 1.807) is 38.1 Å². The number of ether oxygens (including phenoxy) is 1. The van der Waals surface area contributed by atoms with Crippen LogP contribution in [-0.2, 0) is 20.9 Å². The molecule has 1 aliphatic heterocycles. The highest BCUT2D eigenvalue weighted by atomic mass is 19.1. The van der Waals surface area contributed by atoms with Gasteiger partial charge < -0.3 is 9.64 Å². The van der Waals surface area contributed by atoms with Gasteiger partial charge in [-0.2, -0.15) is 0 Å². The predicted molar refractivity (Wildman–Crippen MR) is 107 cm³/mol. The Morgan fingerprint density at radius 1 is 1.27 bits per heavy atom. The van der Waals surface area contributed by atoms with Crippen LogP contribution >= 0.6 is 0 Å². The lowest BCUT2D eigenvalue weighted by atomic mass is 9.83. The molecule has 1 aliphatic rings. The van der Waals surface area contributed by atoms with Crippen LogP contribution in [0.4, 0.5) is 10.1 Å². The predicted octanol–water partition coefficient (Wildman–Crippen LogP) is 4.09. The van der Waals surface area contributed by atoms with E-state index in [2.05, 4.69) is 0 Å². The third-order valence-electron chi connectivity index (χ3n) is 5.06. The molecule has 8 heteroatoms. The van der Waals surface area contributed by atoms with Crippen LogP contribution in [0, 0.1) is 15.9 Å². The van der Waals surface area contributed by atoms with E-state index in [1.807, 2.05) is 0 Å². The van der Waals surface area contributed by atoms with Crippen molar-refractivity contribution in [1.29, 1.82) is 0 Å². The Balaban J connectivity index is 2.04. The number of nitrogens with zero attached hydrogens (tertiary/aromatic N) is 2. The largest absolute Gasteiger partial charge is 0.463 e. The molecule has 0 fully saturated rings. The quantitative estimate of drug-likeness (QED) is 0.405. The van der Waals surface area contributed by atoms with Gasteiger partial charge >= 0.3 is 5.97 Å². The maximum Gasteiger partial charge on any atom is 0.336 e. The number of hydrogen-bond acceptors (Lipinski definition) is 5. The Hall–Kier alpha value is -3.55. The number of esters is 1. The Bertz CT molecular complexity index is 1030. The van der Waals surface area contributed by atoms with Crippen LogP contribution in [0.3, 0.4) is 0 Å². The number of nitro benzene ring substituents is 1. The van der Waals surface area contributed by atoms with E-state index in [4.69, 9.17) is 4.74 Å². The van der Waals surface area contributed by atoms with Crippen molar-refractivity contribution in [2.75, 3.05) is 6.61 Å². The average Bonchev–Trinajstić information content (AvgIpc) is 2.71. The van der Waals surface area contributed by atoms with Crippen LogP contribution in [0.2, 0.25) is 0 Å². The number of hydrogen-bond donors (Lipinski definition) is 0. The molecule has 0 radical (unpaired) electrons. The maximum absolute atomic E-state index is 14.5. The van der Waals surface area contributed by atoms with E-state index in [0.29, 0.717) is 11.3 Å². The summed E-state index contributed by atoms with van der Waals surface area (Å²) in [6, 6.07) is 12.0. The minimum absolute atomic E-state index is 0.0548. The molecule has 2 aromatic carbocycles. The first kappa shape index (κ1) is 21.2. The van der Waals surface area contributed by atoms with Crippen molar-refractivity contribution in [1.82, 2.24) is 4.90 Å². The van der Waals surface area contributed by atoms with Gasteiger partial charge in [-0.15, -0.1) is 0 Å². The van der Waals surface area contributed by atoms with Crippen molar-refractivity contribution >= 4 is 17.6 Å². The fourth-order valence-corrected chi connectivity index (χ4v) is 3.65. The summed E-state index contributed by atoms with van der Waals surface area (Å²) in [5.74, 6) is -2.18. The van der Waals surface area contributed by atoms with Crippen LogP contribution in [-0.4, -0.2) is 28.3 Å². The van der Waals surface area contributed by atoms with Crippen molar-refractivity contribution in [3.63, 3.8) is 0 Å². The Morgan fingerprint density at radius 2 is 2.00 bits per heavy atom. The highest BCUT2D eigenvalue weighted by Gasteiger charge is 2.38. The van der Waals surface area contributed by atoms with Crippen molar-refractivity contribution in [2.24, 2.45) is 0 Å². The lowest BCUT2D eigenvalue weighted by Gasteiger charge is -2.34. The number of nitro groups is 1. The van der Waals surface area contributed by atoms with Crippen LogP contribution in [0.5, 0.6) is 0 Å². The molecular formula is C22H21FN2O5. The Morgan fingerprint density at radius 3 is 2.67 bits per heavy atom. The van der Waals surface area contributed by atoms with Gasteiger partial charge in [0.1, 0.15) is 5.82 Å². The summed E-state index contributed by atoms with van der Waals surface area (Å²) in [6.45, 7) is 3.47. The first-order chi connectivity index (χ1) is 14.3. The smallest absolute Gasteiger partial charge is 0.336 e. The third kappa shape index (κ3) is 4.22. The summed E-state index contributed by atoms with van der Waals surface area (Å²) in [5.41, 5.74) is 1.28. The lowest BCUT2D eigenvalue weighted by Crippen LogP contribution is -2.38. The molecule has 2 aromatic rings. The lowest BCUT2D eigenvalue weighted by molar-refractivity contribution is -0.384. The first-order valence-corrected chi connectivity index (χ1v) is 9.49. The van der Waals surface area contributed by atoms with Crippen molar-refractivity contribution in [3.05, 3.63) is 86.9 Å². The normalized spacial score (nSPS) is 16.6. The molecule has 7 nitrogen and oxygen atoms in total. The van der Waals surface area contributed by atoms with Gasteiger partial charge in [-0.3, -0.25) is 14.9 Å². The highest BCUT2D eigenvalue weighted by Crippen LogP contribution is 2.38. The van der Waals surface area contributed by atoms with Crippen LogP contribution in [0.1, 0.15) is 37.3 Å². The minimum Gasteiger partial charge on any atom is -0.463 e. The Labute approximate surface area is 172 Å². The molecule has 30 heavy (non-hydrogen) atoms. The summed E-state index contributed by atoms with van der Waals surface area (Å²) in [5, 5.41) is 11.0. The zero-order valence-electron chi connectivity index (χ0n) is 16.6. The van der Waals surface area contributed by atoms with E-state index in [0.717, 1.165) is 0 Å². The van der Waals surface area contributed by atoms with Crippen LogP contribution in [0.15, 0.2) is 59.8 Å². The molecule has 3 rings (SSSR count). The van der Waals surface area contributed by atoms with E-state index >= 15 is 0 Å². The molecule has 0 saturated heterocycles. The van der Waals surface area contributed by atoms with E-state index in [9.17, 15) is 24.1 Å². The molecule has 156 valence electrons. The van der Waals surface area contributed by atoms with Gasteiger partial charge in [-0.1, -0.05) is 30.3 Å². The number of non-ortho nitro benzene ring substituents is 1. The average molecular weight is 412 g/mol. The minimum atomic E-state index is -0.765. The van der Waals surface area contributed by atoms with E-state index in [1.165, 1.54) is 29.2 Å². The molecule has 1 amide bonds. The number of rotatable bonds is 6. The molecule has 0 N–H and O–H groups in total. The van der Waals surface area contributed by atoms with Gasteiger partial charge in [-0.05, 0) is 31.0 Å². The first-order valence-electron chi connectivity index (χ1n) is 9.49. The SMILES string of the molecule is CCOC(=O)C1=C(C)N(Cc2cccc([N+](=O)[O-])c2)C(=O)CC1c1ccccc1F. The second-order valence-electron chi connectivity index (χ2n) is 6.90. The Kier molecular flexibility index (Phi) is 6.25. The molecule has 1 atom stereocenters. The monoisotopic (exact) mass is 412 g/mol. The molecule has 0 aromatic heterocycles. The second-order valence-corrected chi connectivity index (χ2v) is 6.90. The molecule has 0 bridgehead atoms. The van der Waals surface area contributed by atoms with Gasteiger partial charge in [-0.25, -0.2) is 9.18 Å². The van der Waals surface area contributed by atoms with Gasteiger partial charge in [0.15, 0.2) is 0 Å². The molecular weight excluding hydrogens is 391 g/mol. The molecule has 0 saturated carbocycles. The van der Waals surface area contributed by atoms with Crippen LogP contribution < -0.4 is 0 Å². The summed E-state index contributed by atoms with van der Waals surface area (Å²) in [4.78, 5) is 37.6. The fourth-order valence-electron chi connectivity index (χ4n) is 3.65. The van der Waals surface area contributed by atoms with Gasteiger partial charge in [0.05, 0.1) is 23.6 Å². The van der Waals surface area contributed by atoms with Crippen LogP contribution in [0.25, 0.3) is 0 Å². The molecule has 0 aliphatic carbocycles. The summed E-state index contributed by atoms with van der Waals surface area (Å²) in [7, 11) is 0. The summed E-state index contributed by atoms with van der Waals surface area (Å²) >= 11 is 0. The number of benzene rings is 2. The zero-order valence-corrected chi connectivity index (χ0v) is 16.6. The van der Waals surface area contributed by atoms with Crippen molar-refractivity contribution < 1.29 is 23.6 Å². The topological polar surface area (TPSA) is 89.8 Å². The number of allylic oxidation sites excluding steroid dienone is 1. The summed E-state index contributed by atoms with van der Waals surface area (Å²) in [6.07, 6.45) is -0.110. The molecule has 0 spiro atoms. The van der Waals surface area contributed by atoms with Gasteiger partial charge in [0.25, 0.3) is 5.69 Å². The molecule has 1 unspecified atom stereocenters. The number of carbonyl (C=O) groups is 2. The fraction of sp³-hybridized carbons (Fsp3) is 0.273. The van der Waals surface area contributed by atoms with E-state index < -0.39 is 22.6 Å². The van der Waals surface area contributed by atoms with E-state index in [-0.39, 0.29) is 42.3 Å². The number of amides is 1. The summed E-state index contributed by atoms with van der Waals surface area (Å²) < 4.78 is 19.6. The van der Waals surface area contributed by atoms with Gasteiger partial charge in [0, 0.05) is 30.2 Å². The number of halogens is 1. The zero-order chi connectivity index (χ0) is 21.8. The maximum atomic E-state index is 14.5. The number of carbonyl (C=O) groups excluding carboxylic acids is 2. The highest BCUT2D eigenvalue weighted by molar-refractivity contribution is 5.95. The standard InChI is InChI=1S/C22H21FN2O5/c1-3-30-22(27)21-14(2)24(13-15-7-6-8-16(11-15)25(28)29)20(26)12-18(21)17-9-4-5-10-19(17)23/h4-11,18H,3,12-13H2,1-2H3. The third-order valence-corrected chi connectivity index (χ3v) is 5.06. The van der Waals surface area contributed by atoms with Crippen molar-refractivity contribution in [3.8, 4) is 0 Å². The van der Waals surface area contributed by atoms with Gasteiger partial charge in [0.2, 0.25) is 5.91 Å². The second kappa shape index (κ2) is 8.86. The van der Waals surface area contributed by atoms with Crippen molar-refractivity contribution in [2.45, 2.75) is 32.7 Å².